The van der Waals surface area contributed by atoms with Gasteiger partial charge in [0, 0.05) is 60.1 Å². The number of halogens is 1. The number of nitro benzene ring substituents is 1. The van der Waals surface area contributed by atoms with Crippen LogP contribution in [-0.2, 0) is 4.74 Å². The number of nitrogens with zero attached hydrogens (tertiary/aromatic N) is 3. The number of amides is 2. The zero-order valence-corrected chi connectivity index (χ0v) is 20.8. The summed E-state index contributed by atoms with van der Waals surface area (Å²) in [7, 11) is 0. The van der Waals surface area contributed by atoms with Crippen LogP contribution in [0.3, 0.4) is 0 Å². The number of likely N-dealkylation sites (tertiary alicyclic amines) is 1. The Kier molecular flexibility index (Phi) is 7.51. The van der Waals surface area contributed by atoms with Crippen molar-refractivity contribution in [1.29, 1.82) is 0 Å². The summed E-state index contributed by atoms with van der Waals surface area (Å²) in [4.78, 5) is 55.4. The van der Waals surface area contributed by atoms with Gasteiger partial charge in [0.2, 0.25) is 5.56 Å². The molecule has 1 aromatic carbocycles. The van der Waals surface area contributed by atoms with E-state index in [1.54, 1.807) is 28.9 Å². The number of carbonyl (C=O) groups excluding carboxylic acids is 2. The van der Waals surface area contributed by atoms with Gasteiger partial charge in [-0.25, -0.2) is 0 Å². The Labute approximate surface area is 209 Å². The second kappa shape index (κ2) is 10.6. The summed E-state index contributed by atoms with van der Waals surface area (Å²) in [5.74, 6) is -0.594. The first-order chi connectivity index (χ1) is 16.7. The Morgan fingerprint density at radius 3 is 2.57 bits per heavy atom. The number of aromatic nitrogens is 1. The Morgan fingerprint density at radius 1 is 1.14 bits per heavy atom. The Hall–Kier alpha value is -3.25. The fourth-order valence-corrected chi connectivity index (χ4v) is 4.91. The lowest BCUT2D eigenvalue weighted by atomic mass is 10.0. The average molecular weight is 548 g/mol. The highest BCUT2D eigenvalue weighted by molar-refractivity contribution is 9.10. The number of piperidine rings is 1. The van der Waals surface area contributed by atoms with Crippen LogP contribution in [-0.4, -0.2) is 77.0 Å². The number of H-pyrrole nitrogens is 1. The normalized spacial score (nSPS) is 18.3. The molecule has 2 saturated heterocycles. The van der Waals surface area contributed by atoms with Crippen molar-refractivity contribution in [3.8, 4) is 0 Å². The average Bonchev–Trinajstić information content (AvgIpc) is 2.84. The zero-order chi connectivity index (χ0) is 25.1. The predicted molar refractivity (Wildman–Crippen MR) is 132 cm³/mol. The summed E-state index contributed by atoms with van der Waals surface area (Å²) < 4.78 is 5.75. The number of benzene rings is 1. The number of nitro groups is 1. The fraction of sp³-hybridized carbons (Fsp3) is 0.435. The molecule has 1 aromatic heterocycles. The number of aryl methyl sites for hydroxylation is 1. The molecule has 0 aliphatic carbocycles. The molecule has 0 saturated carbocycles. The maximum Gasteiger partial charge on any atom is 0.294 e. The van der Waals surface area contributed by atoms with Crippen LogP contribution in [0.1, 0.15) is 39.3 Å². The molecule has 2 aliphatic heterocycles. The topological polar surface area (TPSA) is 138 Å². The maximum atomic E-state index is 13.3. The summed E-state index contributed by atoms with van der Waals surface area (Å²) in [5, 5.41) is 15.1. The third kappa shape index (κ3) is 5.70. The number of hydrogen-bond acceptors (Lipinski definition) is 7. The molecule has 12 heteroatoms. The maximum absolute atomic E-state index is 13.3. The number of ether oxygens (including phenoxy) is 1. The van der Waals surface area contributed by atoms with Gasteiger partial charge in [-0.2, -0.15) is 0 Å². The van der Waals surface area contributed by atoms with Gasteiger partial charge in [0.15, 0.2) is 0 Å². The van der Waals surface area contributed by atoms with Crippen molar-refractivity contribution in [3.05, 3.63) is 66.0 Å². The highest BCUT2D eigenvalue weighted by Crippen LogP contribution is 2.35. The standard InChI is InChI=1S/C23H26BrN5O6/c1-14-9-15(10-20(30)25-14)22(31)28-4-2-3-17(13-28)26-21-18(11-16(24)12-19(21)29(33)34)23(32)27-5-7-35-8-6-27/h9-12,17,26H,2-8,13H2,1H3,(H,25,30)/t17-/m1/s1. The molecule has 2 N–H and O–H groups in total. The molecule has 0 radical (unpaired) electrons. The minimum absolute atomic E-state index is 0.140. The van der Waals surface area contributed by atoms with Crippen molar-refractivity contribution in [3.63, 3.8) is 0 Å². The number of rotatable bonds is 5. The van der Waals surface area contributed by atoms with Crippen molar-refractivity contribution in [2.24, 2.45) is 0 Å². The molecule has 4 rings (SSSR count). The third-order valence-electron chi connectivity index (χ3n) is 6.09. The summed E-state index contributed by atoms with van der Waals surface area (Å²) >= 11 is 3.29. The van der Waals surface area contributed by atoms with Gasteiger partial charge in [0.05, 0.1) is 23.7 Å². The molecule has 1 atom stereocenters. The molecule has 2 amide bonds. The minimum Gasteiger partial charge on any atom is -0.378 e. The second-order valence-corrected chi connectivity index (χ2v) is 9.58. The van der Waals surface area contributed by atoms with E-state index in [9.17, 15) is 24.5 Å². The molecule has 2 aliphatic rings. The molecule has 186 valence electrons. The van der Waals surface area contributed by atoms with Gasteiger partial charge in [-0.05, 0) is 31.9 Å². The van der Waals surface area contributed by atoms with E-state index in [1.165, 1.54) is 12.1 Å². The van der Waals surface area contributed by atoms with Gasteiger partial charge >= 0.3 is 0 Å². The van der Waals surface area contributed by atoms with Gasteiger partial charge in [-0.15, -0.1) is 0 Å². The number of carbonyl (C=O) groups is 2. The quantitative estimate of drug-likeness (QED) is 0.433. The minimum atomic E-state index is -0.520. The molecule has 0 spiro atoms. The van der Waals surface area contributed by atoms with Crippen LogP contribution in [0.15, 0.2) is 33.5 Å². The van der Waals surface area contributed by atoms with E-state index in [0.717, 1.165) is 0 Å². The van der Waals surface area contributed by atoms with Gasteiger partial charge < -0.3 is 24.8 Å². The molecule has 11 nitrogen and oxygen atoms in total. The lowest BCUT2D eigenvalue weighted by Gasteiger charge is -2.34. The number of aromatic amines is 1. The van der Waals surface area contributed by atoms with Crippen LogP contribution in [0, 0.1) is 17.0 Å². The van der Waals surface area contributed by atoms with Crippen molar-refractivity contribution in [2.75, 3.05) is 44.7 Å². The lowest BCUT2D eigenvalue weighted by Crippen LogP contribution is -2.46. The Bertz CT molecular complexity index is 1210. The van der Waals surface area contributed by atoms with Crippen molar-refractivity contribution < 1.29 is 19.2 Å². The van der Waals surface area contributed by atoms with Crippen LogP contribution >= 0.6 is 15.9 Å². The van der Waals surface area contributed by atoms with Crippen molar-refractivity contribution >= 4 is 39.1 Å². The first-order valence-electron chi connectivity index (χ1n) is 11.3. The first kappa shape index (κ1) is 24.9. The first-order valence-corrected chi connectivity index (χ1v) is 12.1. The highest BCUT2D eigenvalue weighted by atomic mass is 79.9. The van der Waals surface area contributed by atoms with E-state index in [0.29, 0.717) is 61.4 Å². The van der Waals surface area contributed by atoms with Crippen LogP contribution < -0.4 is 10.9 Å². The number of morpholine rings is 1. The summed E-state index contributed by atoms with van der Waals surface area (Å²) in [6.45, 7) is 4.12. The number of anilines is 1. The lowest BCUT2D eigenvalue weighted by molar-refractivity contribution is -0.384. The van der Waals surface area contributed by atoms with Crippen LogP contribution in [0.4, 0.5) is 11.4 Å². The Balaban J connectivity index is 1.61. The van der Waals surface area contributed by atoms with E-state index in [4.69, 9.17) is 4.74 Å². The predicted octanol–water partition coefficient (Wildman–Crippen LogP) is 2.54. The number of hydrogen-bond donors (Lipinski definition) is 2. The van der Waals surface area contributed by atoms with Crippen molar-refractivity contribution in [1.82, 2.24) is 14.8 Å². The molecule has 2 fully saturated rings. The molecular weight excluding hydrogens is 522 g/mol. The van der Waals surface area contributed by atoms with Gasteiger partial charge in [0.25, 0.3) is 17.5 Å². The van der Waals surface area contributed by atoms with E-state index in [1.807, 2.05) is 0 Å². The highest BCUT2D eigenvalue weighted by Gasteiger charge is 2.31. The molecule has 0 unspecified atom stereocenters. The number of pyridine rings is 1. The van der Waals surface area contributed by atoms with Crippen molar-refractivity contribution in [2.45, 2.75) is 25.8 Å². The molecular formula is C23H26BrN5O6. The Morgan fingerprint density at radius 2 is 1.89 bits per heavy atom. The van der Waals surface area contributed by atoms with Crippen LogP contribution in [0.2, 0.25) is 0 Å². The third-order valence-corrected chi connectivity index (χ3v) is 6.55. The van der Waals surface area contributed by atoms with Crippen LogP contribution in [0.25, 0.3) is 0 Å². The van der Waals surface area contributed by atoms with E-state index < -0.39 is 4.92 Å². The molecule has 2 aromatic rings. The SMILES string of the molecule is Cc1cc(C(=O)N2CCC[C@@H](Nc3c(C(=O)N4CCOCC4)cc(Br)cc3[N+](=O)[O-])C2)cc(=O)[nH]1. The molecule has 0 bridgehead atoms. The molecule has 3 heterocycles. The fourth-order valence-electron chi connectivity index (χ4n) is 4.47. The summed E-state index contributed by atoms with van der Waals surface area (Å²) in [5.41, 5.74) is 0.651. The van der Waals surface area contributed by atoms with Crippen LogP contribution in [0.5, 0.6) is 0 Å². The monoisotopic (exact) mass is 547 g/mol. The number of nitrogens with one attached hydrogen (secondary N) is 2. The molecule has 35 heavy (non-hydrogen) atoms. The summed E-state index contributed by atoms with van der Waals surface area (Å²) in [6.07, 6.45) is 1.33. The summed E-state index contributed by atoms with van der Waals surface area (Å²) in [6, 6.07) is 5.53. The van der Waals surface area contributed by atoms with Gasteiger partial charge in [-0.3, -0.25) is 24.5 Å². The van der Waals surface area contributed by atoms with Gasteiger partial charge in [0.1, 0.15) is 5.69 Å². The zero-order valence-electron chi connectivity index (χ0n) is 19.2. The van der Waals surface area contributed by atoms with E-state index >= 15 is 0 Å². The van der Waals surface area contributed by atoms with Gasteiger partial charge in [-0.1, -0.05) is 15.9 Å². The smallest absolute Gasteiger partial charge is 0.294 e. The van der Waals surface area contributed by atoms with E-state index in [-0.39, 0.29) is 46.9 Å². The largest absolute Gasteiger partial charge is 0.378 e. The van der Waals surface area contributed by atoms with E-state index in [2.05, 4.69) is 26.2 Å². The second-order valence-electron chi connectivity index (χ2n) is 8.66.